The molecular weight excluding hydrogens is 383 g/mol. The Morgan fingerprint density at radius 2 is 1.86 bits per heavy atom. The maximum absolute atomic E-state index is 14.8. The number of hydrogen-bond donors (Lipinski definition) is 1. The van der Waals surface area contributed by atoms with Gasteiger partial charge in [-0.2, -0.15) is 0 Å². The molecule has 1 aliphatic heterocycles. The molecule has 0 amide bonds. The predicted molar refractivity (Wildman–Crippen MR) is 117 cm³/mol. The smallest absolute Gasteiger partial charge is 0.174 e. The maximum Gasteiger partial charge on any atom is 0.174 e. The molecule has 2 unspecified atom stereocenters. The highest BCUT2D eigenvalue weighted by Gasteiger charge is 2.43. The molecule has 2 aromatic heterocycles. The number of para-hydroxylation sites is 1. The largest absolute Gasteiger partial charge is 0.351 e. The van der Waals surface area contributed by atoms with Gasteiger partial charge in [0.15, 0.2) is 5.11 Å². The topological polar surface area (TPSA) is 33.1 Å². The molecule has 6 heteroatoms. The van der Waals surface area contributed by atoms with Crippen LogP contribution in [0.4, 0.5) is 10.1 Å². The van der Waals surface area contributed by atoms with Gasteiger partial charge in [0.25, 0.3) is 0 Å². The lowest BCUT2D eigenvalue weighted by Crippen LogP contribution is -2.30. The number of pyridine rings is 1. The third kappa shape index (κ3) is 3.02. The molecule has 1 aliphatic carbocycles. The van der Waals surface area contributed by atoms with Gasteiger partial charge in [0, 0.05) is 23.6 Å². The first-order valence-electron chi connectivity index (χ1n) is 9.99. The number of halogens is 1. The average molecular weight is 407 g/mol. The Labute approximate surface area is 175 Å². The van der Waals surface area contributed by atoms with E-state index in [1.807, 2.05) is 29.2 Å². The molecular formula is C23H23FN4S. The molecule has 2 aliphatic rings. The van der Waals surface area contributed by atoms with Crippen LogP contribution in [0, 0.1) is 19.7 Å². The second-order valence-electron chi connectivity index (χ2n) is 7.88. The summed E-state index contributed by atoms with van der Waals surface area (Å²) < 4.78 is 17.2. The van der Waals surface area contributed by atoms with E-state index in [0.29, 0.717) is 16.8 Å². The van der Waals surface area contributed by atoms with Crippen LogP contribution in [0.15, 0.2) is 54.7 Å². The number of nitrogens with zero attached hydrogens (tertiary/aromatic N) is 3. The highest BCUT2D eigenvalue weighted by Crippen LogP contribution is 2.46. The highest BCUT2D eigenvalue weighted by molar-refractivity contribution is 7.80. The number of hydrogen-bond acceptors (Lipinski definition) is 2. The molecule has 1 aromatic carbocycles. The molecule has 1 N–H and O–H groups in total. The molecule has 29 heavy (non-hydrogen) atoms. The van der Waals surface area contributed by atoms with E-state index in [-0.39, 0.29) is 17.9 Å². The summed E-state index contributed by atoms with van der Waals surface area (Å²) in [7, 11) is 0. The Balaban J connectivity index is 1.68. The van der Waals surface area contributed by atoms with E-state index in [1.54, 1.807) is 18.3 Å². The van der Waals surface area contributed by atoms with Crippen molar-refractivity contribution in [2.45, 2.75) is 44.8 Å². The SMILES string of the molecule is Cc1cc(C2C(c3ccccn3)NC(=S)N2c2ccccc2F)c(C)n1C1CC1. The lowest BCUT2D eigenvalue weighted by atomic mass is 9.96. The van der Waals surface area contributed by atoms with Gasteiger partial charge in [-0.05, 0) is 74.8 Å². The van der Waals surface area contributed by atoms with Crippen molar-refractivity contribution in [3.8, 4) is 0 Å². The van der Waals surface area contributed by atoms with Gasteiger partial charge in [0.05, 0.1) is 23.5 Å². The minimum atomic E-state index is -0.278. The third-order valence-corrected chi connectivity index (χ3v) is 6.28. The molecule has 0 bridgehead atoms. The molecule has 0 spiro atoms. The summed E-state index contributed by atoms with van der Waals surface area (Å²) in [4.78, 5) is 6.50. The van der Waals surface area contributed by atoms with E-state index in [4.69, 9.17) is 12.2 Å². The number of aryl methyl sites for hydroxylation is 1. The van der Waals surface area contributed by atoms with Gasteiger partial charge < -0.3 is 14.8 Å². The van der Waals surface area contributed by atoms with E-state index >= 15 is 0 Å². The fourth-order valence-corrected chi connectivity index (χ4v) is 4.91. The van der Waals surface area contributed by atoms with Crippen molar-refractivity contribution in [3.63, 3.8) is 0 Å². The molecule has 3 aromatic rings. The van der Waals surface area contributed by atoms with E-state index in [9.17, 15) is 4.39 Å². The molecule has 1 saturated carbocycles. The van der Waals surface area contributed by atoms with Gasteiger partial charge >= 0.3 is 0 Å². The first-order chi connectivity index (χ1) is 14.1. The maximum atomic E-state index is 14.8. The van der Waals surface area contributed by atoms with Crippen LogP contribution >= 0.6 is 12.2 Å². The number of aromatic nitrogens is 2. The summed E-state index contributed by atoms with van der Waals surface area (Å²) in [5.74, 6) is -0.278. The Morgan fingerprint density at radius 1 is 1.10 bits per heavy atom. The molecule has 3 heterocycles. The van der Waals surface area contributed by atoms with Crippen LogP contribution in [0.25, 0.3) is 0 Å². The number of thiocarbonyl (C=S) groups is 1. The van der Waals surface area contributed by atoms with Gasteiger partial charge in [0.2, 0.25) is 0 Å². The summed E-state index contributed by atoms with van der Waals surface area (Å²) in [5, 5.41) is 3.93. The lowest BCUT2D eigenvalue weighted by molar-refractivity contribution is 0.553. The Bertz CT molecular complexity index is 1070. The number of nitrogens with one attached hydrogen (secondary N) is 1. The first-order valence-corrected chi connectivity index (χ1v) is 10.4. The Morgan fingerprint density at radius 3 is 2.55 bits per heavy atom. The van der Waals surface area contributed by atoms with E-state index in [0.717, 1.165) is 5.69 Å². The van der Waals surface area contributed by atoms with Gasteiger partial charge in [0.1, 0.15) is 5.82 Å². The summed E-state index contributed by atoms with van der Waals surface area (Å²) in [5.41, 5.74) is 5.02. The first kappa shape index (κ1) is 18.3. The molecule has 5 rings (SSSR count). The van der Waals surface area contributed by atoms with Crippen molar-refractivity contribution in [1.29, 1.82) is 0 Å². The minimum absolute atomic E-state index is 0.156. The quantitative estimate of drug-likeness (QED) is 0.608. The fourth-order valence-electron chi connectivity index (χ4n) is 4.57. The van der Waals surface area contributed by atoms with Crippen molar-refractivity contribution in [2.24, 2.45) is 0 Å². The van der Waals surface area contributed by atoms with E-state index in [1.165, 1.54) is 35.9 Å². The van der Waals surface area contributed by atoms with Crippen molar-refractivity contribution in [3.05, 3.63) is 83.2 Å². The summed E-state index contributed by atoms with van der Waals surface area (Å²) >= 11 is 5.70. The number of benzene rings is 1. The second-order valence-corrected chi connectivity index (χ2v) is 8.26. The summed E-state index contributed by atoms with van der Waals surface area (Å²) in [6, 6.07) is 15.2. The van der Waals surface area contributed by atoms with Gasteiger partial charge in [-0.15, -0.1) is 0 Å². The van der Waals surface area contributed by atoms with E-state index in [2.05, 4.69) is 34.8 Å². The molecule has 4 nitrogen and oxygen atoms in total. The molecule has 0 radical (unpaired) electrons. The molecule has 1 saturated heterocycles. The normalized spacial score (nSPS) is 21.5. The van der Waals surface area contributed by atoms with Crippen LogP contribution in [0.3, 0.4) is 0 Å². The number of anilines is 1. The summed E-state index contributed by atoms with van der Waals surface area (Å²) in [6.45, 7) is 4.32. The van der Waals surface area contributed by atoms with Crippen LogP contribution in [0.2, 0.25) is 0 Å². The molecule has 2 fully saturated rings. The van der Waals surface area contributed by atoms with Gasteiger partial charge in [-0.25, -0.2) is 4.39 Å². The molecule has 148 valence electrons. The van der Waals surface area contributed by atoms with Crippen LogP contribution in [0.1, 0.15) is 53.6 Å². The van der Waals surface area contributed by atoms with Gasteiger partial charge in [-0.3, -0.25) is 4.98 Å². The van der Waals surface area contributed by atoms with Crippen molar-refractivity contribution in [1.82, 2.24) is 14.9 Å². The highest BCUT2D eigenvalue weighted by atomic mass is 32.1. The average Bonchev–Trinajstić information content (AvgIpc) is 3.43. The standard InChI is InChI=1S/C23H23FN4S/c1-14-13-17(15(2)27(14)16-10-11-16)22-21(19-8-5-6-12-25-19)26-23(29)28(22)20-9-4-3-7-18(20)24/h3-9,12-13,16,21-22H,10-11H2,1-2H3,(H,26,29). The monoisotopic (exact) mass is 406 g/mol. The zero-order valence-corrected chi connectivity index (χ0v) is 17.3. The fraction of sp³-hybridized carbons (Fsp3) is 0.304. The van der Waals surface area contributed by atoms with Crippen LogP contribution < -0.4 is 10.2 Å². The van der Waals surface area contributed by atoms with Crippen molar-refractivity contribution < 1.29 is 4.39 Å². The summed E-state index contributed by atoms with van der Waals surface area (Å²) in [6.07, 6.45) is 4.23. The van der Waals surface area contributed by atoms with Gasteiger partial charge in [-0.1, -0.05) is 18.2 Å². The Hall–Kier alpha value is -2.73. The number of rotatable bonds is 4. The van der Waals surface area contributed by atoms with Crippen LogP contribution in [0.5, 0.6) is 0 Å². The van der Waals surface area contributed by atoms with Crippen molar-refractivity contribution in [2.75, 3.05) is 4.90 Å². The van der Waals surface area contributed by atoms with Crippen molar-refractivity contribution >= 4 is 23.0 Å². The predicted octanol–water partition coefficient (Wildman–Crippen LogP) is 5.15. The minimum Gasteiger partial charge on any atom is -0.351 e. The van der Waals surface area contributed by atoms with Crippen LogP contribution in [-0.4, -0.2) is 14.7 Å². The second kappa shape index (κ2) is 6.95. The third-order valence-electron chi connectivity index (χ3n) is 5.96. The van der Waals surface area contributed by atoms with E-state index < -0.39 is 0 Å². The zero-order valence-electron chi connectivity index (χ0n) is 16.5. The molecule has 2 atom stereocenters. The lowest BCUT2D eigenvalue weighted by Gasteiger charge is -2.28. The zero-order chi connectivity index (χ0) is 20.1. The van der Waals surface area contributed by atoms with Crippen LogP contribution in [-0.2, 0) is 0 Å². The Kier molecular flexibility index (Phi) is 4.39.